The number of aromatic nitrogens is 2. The summed E-state index contributed by atoms with van der Waals surface area (Å²) in [5.41, 5.74) is 2.13. The van der Waals surface area contributed by atoms with Crippen molar-refractivity contribution in [2.75, 3.05) is 0 Å². The zero-order chi connectivity index (χ0) is 18.0. The fourth-order valence-corrected chi connectivity index (χ4v) is 2.98. The van der Waals surface area contributed by atoms with E-state index in [0.29, 0.717) is 11.4 Å². The summed E-state index contributed by atoms with van der Waals surface area (Å²) in [5.74, 6) is 0.0996. The van der Waals surface area contributed by atoms with Crippen LogP contribution in [0.15, 0.2) is 48.5 Å². The van der Waals surface area contributed by atoms with Gasteiger partial charge in [-0.25, -0.2) is 9.37 Å². The van der Waals surface area contributed by atoms with Crippen molar-refractivity contribution in [2.24, 2.45) is 0 Å². The smallest absolute Gasteiger partial charge is 0.217 e. The molecule has 5 nitrogen and oxygen atoms in total. The Balaban J connectivity index is 2.00. The van der Waals surface area contributed by atoms with E-state index in [9.17, 15) is 14.3 Å². The van der Waals surface area contributed by atoms with E-state index in [0.717, 1.165) is 11.0 Å². The summed E-state index contributed by atoms with van der Waals surface area (Å²) in [6.07, 6.45) is -0.892. The largest absolute Gasteiger partial charge is 0.387 e. The summed E-state index contributed by atoms with van der Waals surface area (Å²) >= 11 is 0. The number of hydrogen-bond acceptors (Lipinski definition) is 3. The normalized spacial score (nSPS) is 13.6. The van der Waals surface area contributed by atoms with Gasteiger partial charge in [0, 0.05) is 6.92 Å². The maximum atomic E-state index is 13.4. The Hall–Kier alpha value is -2.73. The summed E-state index contributed by atoms with van der Waals surface area (Å²) in [7, 11) is 0. The number of imidazole rings is 1. The second-order valence-corrected chi connectivity index (χ2v) is 6.06. The molecule has 0 saturated carbocycles. The lowest BCUT2D eigenvalue weighted by Crippen LogP contribution is -2.27. The molecular weight excluding hydrogens is 321 g/mol. The summed E-state index contributed by atoms with van der Waals surface area (Å²) < 4.78 is 15.3. The average Bonchev–Trinajstić information content (AvgIpc) is 2.93. The number of carbonyl (C=O) groups excluding carboxylic acids is 1. The molecule has 0 unspecified atom stereocenters. The number of halogens is 1. The molecule has 1 heterocycles. The quantitative estimate of drug-likeness (QED) is 0.749. The number of carbonyl (C=O) groups is 1. The lowest BCUT2D eigenvalue weighted by atomic mass is 10.1. The number of hydrogen-bond donors (Lipinski definition) is 2. The van der Waals surface area contributed by atoms with E-state index in [1.54, 1.807) is 12.1 Å². The molecule has 130 valence electrons. The number of aliphatic hydroxyl groups excluding tert-OH is 1. The Kier molecular flexibility index (Phi) is 4.81. The van der Waals surface area contributed by atoms with Gasteiger partial charge in [0.1, 0.15) is 11.6 Å². The highest BCUT2D eigenvalue weighted by molar-refractivity contribution is 5.77. The van der Waals surface area contributed by atoms with Crippen LogP contribution in [0.5, 0.6) is 0 Å². The zero-order valence-corrected chi connectivity index (χ0v) is 14.1. The molecule has 0 bridgehead atoms. The van der Waals surface area contributed by atoms with Crippen LogP contribution in [0.1, 0.15) is 37.4 Å². The van der Waals surface area contributed by atoms with Gasteiger partial charge >= 0.3 is 0 Å². The molecule has 2 aromatic carbocycles. The van der Waals surface area contributed by atoms with Crippen molar-refractivity contribution < 1.29 is 14.3 Å². The number of nitrogens with one attached hydrogen (secondary N) is 1. The molecule has 0 spiro atoms. The highest BCUT2D eigenvalue weighted by Crippen LogP contribution is 2.25. The van der Waals surface area contributed by atoms with Crippen LogP contribution in [0.25, 0.3) is 11.0 Å². The second-order valence-electron chi connectivity index (χ2n) is 6.06. The number of aliphatic hydroxyl groups is 1. The Labute approximate surface area is 145 Å². The summed E-state index contributed by atoms with van der Waals surface area (Å²) in [5, 5.41) is 13.4. The molecule has 0 saturated heterocycles. The van der Waals surface area contributed by atoms with Crippen LogP contribution in [0.2, 0.25) is 0 Å². The van der Waals surface area contributed by atoms with Crippen LogP contribution in [0.4, 0.5) is 4.39 Å². The first-order chi connectivity index (χ1) is 12.0. The molecule has 0 aliphatic carbocycles. The third kappa shape index (κ3) is 3.69. The van der Waals surface area contributed by atoms with Crippen molar-refractivity contribution in [3.05, 3.63) is 65.7 Å². The molecule has 6 heteroatoms. The van der Waals surface area contributed by atoms with Gasteiger partial charge in [-0.2, -0.15) is 0 Å². The van der Waals surface area contributed by atoms with Crippen LogP contribution >= 0.6 is 0 Å². The van der Waals surface area contributed by atoms with Gasteiger partial charge in [0.2, 0.25) is 5.91 Å². The predicted octanol–water partition coefficient (Wildman–Crippen LogP) is 3.11. The molecule has 3 rings (SSSR count). The van der Waals surface area contributed by atoms with Crippen molar-refractivity contribution in [1.82, 2.24) is 14.9 Å². The molecule has 1 amide bonds. The minimum atomic E-state index is -0.892. The van der Waals surface area contributed by atoms with Gasteiger partial charge in [0.15, 0.2) is 0 Å². The van der Waals surface area contributed by atoms with Crippen LogP contribution in [-0.4, -0.2) is 20.6 Å². The lowest BCUT2D eigenvalue weighted by Gasteiger charge is -2.18. The van der Waals surface area contributed by atoms with Gasteiger partial charge in [-0.1, -0.05) is 24.3 Å². The fourth-order valence-electron chi connectivity index (χ4n) is 2.98. The standard InChI is InChI=1S/C19H20FN3O2/c1-12(21-13(2)24)19-22-16-8-3-4-9-17(16)23(19)11-18(25)14-6-5-7-15(20)10-14/h3-10,12,18,25H,11H2,1-2H3,(H,21,24)/t12-,18-/m0/s1. The fraction of sp³-hybridized carbons (Fsp3) is 0.263. The number of rotatable bonds is 5. The third-order valence-corrected chi connectivity index (χ3v) is 4.08. The van der Waals surface area contributed by atoms with E-state index in [1.807, 2.05) is 35.8 Å². The minimum absolute atomic E-state index is 0.156. The molecule has 3 aromatic rings. The summed E-state index contributed by atoms with van der Waals surface area (Å²) in [6, 6.07) is 13.2. The molecule has 0 aliphatic rings. The maximum absolute atomic E-state index is 13.4. The monoisotopic (exact) mass is 341 g/mol. The third-order valence-electron chi connectivity index (χ3n) is 4.08. The van der Waals surface area contributed by atoms with E-state index in [2.05, 4.69) is 10.3 Å². The van der Waals surface area contributed by atoms with Gasteiger partial charge in [-0.15, -0.1) is 0 Å². The van der Waals surface area contributed by atoms with Crippen LogP contribution in [0.3, 0.4) is 0 Å². The zero-order valence-electron chi connectivity index (χ0n) is 14.1. The van der Waals surface area contributed by atoms with Crippen LogP contribution in [0, 0.1) is 5.82 Å². The molecule has 0 radical (unpaired) electrons. The van der Waals surface area contributed by atoms with Gasteiger partial charge < -0.3 is 15.0 Å². The number of fused-ring (bicyclic) bond motifs is 1. The van der Waals surface area contributed by atoms with Crippen molar-refractivity contribution in [3.8, 4) is 0 Å². The highest BCUT2D eigenvalue weighted by atomic mass is 19.1. The number of amides is 1. The van der Waals surface area contributed by atoms with Crippen LogP contribution in [-0.2, 0) is 11.3 Å². The number of para-hydroxylation sites is 2. The first-order valence-corrected chi connectivity index (χ1v) is 8.11. The van der Waals surface area contributed by atoms with Crippen molar-refractivity contribution in [1.29, 1.82) is 0 Å². The Morgan fingerprint density at radius 1 is 1.28 bits per heavy atom. The summed E-state index contributed by atoms with van der Waals surface area (Å²) in [6.45, 7) is 3.50. The minimum Gasteiger partial charge on any atom is -0.387 e. The van der Waals surface area contributed by atoms with E-state index >= 15 is 0 Å². The van der Waals surface area contributed by atoms with Gasteiger partial charge in [-0.3, -0.25) is 4.79 Å². The molecule has 0 aliphatic heterocycles. The maximum Gasteiger partial charge on any atom is 0.217 e. The first kappa shape index (κ1) is 17.1. The van der Waals surface area contributed by atoms with Crippen LogP contribution < -0.4 is 5.32 Å². The Bertz CT molecular complexity index is 907. The first-order valence-electron chi connectivity index (χ1n) is 8.11. The van der Waals surface area contributed by atoms with E-state index < -0.39 is 6.10 Å². The second kappa shape index (κ2) is 7.03. The van der Waals surface area contributed by atoms with Gasteiger partial charge in [0.25, 0.3) is 0 Å². The molecule has 25 heavy (non-hydrogen) atoms. The molecule has 2 N–H and O–H groups in total. The van der Waals surface area contributed by atoms with Gasteiger partial charge in [-0.05, 0) is 36.8 Å². The Morgan fingerprint density at radius 3 is 2.76 bits per heavy atom. The Morgan fingerprint density at radius 2 is 2.04 bits per heavy atom. The molecule has 0 fully saturated rings. The van der Waals surface area contributed by atoms with E-state index in [4.69, 9.17) is 0 Å². The van der Waals surface area contributed by atoms with Crippen molar-refractivity contribution in [2.45, 2.75) is 32.5 Å². The average molecular weight is 341 g/mol. The molecule has 2 atom stereocenters. The SMILES string of the molecule is CC(=O)N[C@@H](C)c1nc2ccccc2n1C[C@H](O)c1cccc(F)c1. The van der Waals surface area contributed by atoms with Crippen molar-refractivity contribution in [3.63, 3.8) is 0 Å². The predicted molar refractivity (Wildman–Crippen MR) is 93.3 cm³/mol. The van der Waals surface area contributed by atoms with Crippen molar-refractivity contribution >= 4 is 16.9 Å². The lowest BCUT2D eigenvalue weighted by molar-refractivity contribution is -0.119. The van der Waals surface area contributed by atoms with E-state index in [-0.39, 0.29) is 24.3 Å². The topological polar surface area (TPSA) is 67.2 Å². The van der Waals surface area contributed by atoms with Gasteiger partial charge in [0.05, 0.1) is 29.7 Å². The number of benzene rings is 2. The summed E-state index contributed by atoms with van der Waals surface area (Å²) in [4.78, 5) is 16.0. The highest BCUT2D eigenvalue weighted by Gasteiger charge is 2.20. The molecule has 1 aromatic heterocycles. The number of nitrogens with zero attached hydrogens (tertiary/aromatic N) is 2. The van der Waals surface area contributed by atoms with E-state index in [1.165, 1.54) is 19.1 Å². The molecular formula is C19H20FN3O2.